The van der Waals surface area contributed by atoms with Crippen LogP contribution in [0.15, 0.2) is 47.5 Å². The highest BCUT2D eigenvalue weighted by Crippen LogP contribution is 2.29. The predicted octanol–water partition coefficient (Wildman–Crippen LogP) is 3.85. The summed E-state index contributed by atoms with van der Waals surface area (Å²) in [4.78, 5) is 4.18. The minimum Gasteiger partial charge on any atom is -0.493 e. The molecule has 0 saturated heterocycles. The fourth-order valence-corrected chi connectivity index (χ4v) is 2.10. The van der Waals surface area contributed by atoms with Gasteiger partial charge in [0.25, 0.3) is 0 Å². The van der Waals surface area contributed by atoms with Gasteiger partial charge in [-0.2, -0.15) is 8.78 Å². The lowest BCUT2D eigenvalue weighted by molar-refractivity contribution is -0.0498. The van der Waals surface area contributed by atoms with Crippen LogP contribution in [-0.2, 0) is 6.54 Å². The zero-order valence-corrected chi connectivity index (χ0v) is 16.6. The summed E-state index contributed by atoms with van der Waals surface area (Å²) in [6, 6.07) is 11.5. The van der Waals surface area contributed by atoms with Crippen LogP contribution in [0.2, 0.25) is 0 Å². The molecular formula is C17H20F2IN3O3. The van der Waals surface area contributed by atoms with E-state index in [1.807, 2.05) is 0 Å². The van der Waals surface area contributed by atoms with Crippen LogP contribution in [0.5, 0.6) is 17.2 Å². The normalized spacial score (nSPS) is 10.9. The minimum absolute atomic E-state index is 0. The molecule has 142 valence electrons. The van der Waals surface area contributed by atoms with Crippen LogP contribution in [-0.4, -0.2) is 26.8 Å². The second-order valence-corrected chi connectivity index (χ2v) is 4.92. The Morgan fingerprint density at radius 1 is 1.12 bits per heavy atom. The van der Waals surface area contributed by atoms with Gasteiger partial charge in [-0.1, -0.05) is 12.1 Å². The summed E-state index contributed by atoms with van der Waals surface area (Å²) >= 11 is 0. The van der Waals surface area contributed by atoms with E-state index in [-0.39, 0.29) is 42.2 Å². The molecule has 0 aliphatic carbocycles. The average molecular weight is 479 g/mol. The van der Waals surface area contributed by atoms with Crippen LogP contribution >= 0.6 is 24.0 Å². The molecule has 0 bridgehead atoms. The molecule has 0 aromatic heterocycles. The number of hydrogen-bond acceptors (Lipinski definition) is 4. The summed E-state index contributed by atoms with van der Waals surface area (Å²) in [6.45, 7) is -2.65. The second kappa shape index (κ2) is 10.6. The van der Waals surface area contributed by atoms with E-state index in [0.29, 0.717) is 22.7 Å². The molecule has 0 aliphatic heterocycles. The lowest BCUT2D eigenvalue weighted by atomic mass is 10.2. The van der Waals surface area contributed by atoms with Crippen molar-refractivity contribution in [3.8, 4) is 17.2 Å². The molecule has 0 amide bonds. The maximum Gasteiger partial charge on any atom is 0.387 e. The summed E-state index contributed by atoms with van der Waals surface area (Å²) in [6.07, 6.45) is 0. The van der Waals surface area contributed by atoms with Gasteiger partial charge < -0.3 is 25.3 Å². The first-order valence-electron chi connectivity index (χ1n) is 7.34. The predicted molar refractivity (Wildman–Crippen MR) is 107 cm³/mol. The van der Waals surface area contributed by atoms with Gasteiger partial charge in [0, 0.05) is 11.8 Å². The maximum absolute atomic E-state index is 12.2. The Kier molecular flexibility index (Phi) is 8.90. The van der Waals surface area contributed by atoms with Crippen molar-refractivity contribution in [3.05, 3.63) is 48.0 Å². The third-order valence-electron chi connectivity index (χ3n) is 3.21. The van der Waals surface area contributed by atoms with Crippen molar-refractivity contribution >= 4 is 35.6 Å². The highest BCUT2D eigenvalue weighted by molar-refractivity contribution is 14.0. The Labute approximate surface area is 167 Å². The first-order chi connectivity index (χ1) is 12.0. The van der Waals surface area contributed by atoms with E-state index in [0.717, 1.165) is 0 Å². The van der Waals surface area contributed by atoms with Crippen molar-refractivity contribution in [2.75, 3.05) is 19.5 Å². The summed E-state index contributed by atoms with van der Waals surface area (Å²) in [5, 5.41) is 2.93. The van der Waals surface area contributed by atoms with Crippen molar-refractivity contribution in [1.29, 1.82) is 0 Å². The number of anilines is 1. The van der Waals surface area contributed by atoms with Gasteiger partial charge in [0.05, 0.1) is 20.8 Å². The molecule has 2 aromatic rings. The standard InChI is InChI=1S/C17H19F2N3O3.HI/c1-23-14-7-6-12(9-15(14)24-2)22-17(20)21-10-11-4-3-5-13(8-11)25-16(18)19;/h3-9,16H,10H2,1-2H3,(H3,20,21,22);1H. The van der Waals surface area contributed by atoms with E-state index in [2.05, 4.69) is 15.0 Å². The fraction of sp³-hybridized carbons (Fsp3) is 0.235. The molecule has 0 fully saturated rings. The van der Waals surface area contributed by atoms with Crippen LogP contribution in [0, 0.1) is 0 Å². The molecule has 0 saturated carbocycles. The third-order valence-corrected chi connectivity index (χ3v) is 3.21. The number of nitrogens with zero attached hydrogens (tertiary/aromatic N) is 1. The van der Waals surface area contributed by atoms with Gasteiger partial charge in [-0.15, -0.1) is 24.0 Å². The lowest BCUT2D eigenvalue weighted by Gasteiger charge is -2.11. The van der Waals surface area contributed by atoms with Crippen LogP contribution in [0.4, 0.5) is 14.5 Å². The monoisotopic (exact) mass is 479 g/mol. The van der Waals surface area contributed by atoms with Crippen molar-refractivity contribution in [2.24, 2.45) is 10.7 Å². The Morgan fingerprint density at radius 3 is 2.50 bits per heavy atom. The molecule has 0 atom stereocenters. The Morgan fingerprint density at radius 2 is 1.85 bits per heavy atom. The number of alkyl halides is 2. The Bertz CT molecular complexity index is 745. The molecule has 2 rings (SSSR count). The zero-order valence-electron chi connectivity index (χ0n) is 14.2. The summed E-state index contributed by atoms with van der Waals surface area (Å²) in [5.74, 6) is 1.40. The topological polar surface area (TPSA) is 78.1 Å². The molecule has 0 unspecified atom stereocenters. The van der Waals surface area contributed by atoms with E-state index >= 15 is 0 Å². The van der Waals surface area contributed by atoms with Crippen molar-refractivity contribution in [1.82, 2.24) is 0 Å². The van der Waals surface area contributed by atoms with Crippen LogP contribution in [0.1, 0.15) is 5.56 Å². The molecule has 3 N–H and O–H groups in total. The number of rotatable bonds is 7. The number of ether oxygens (including phenoxy) is 3. The number of methoxy groups -OCH3 is 2. The molecule has 9 heteroatoms. The van der Waals surface area contributed by atoms with Gasteiger partial charge in [-0.3, -0.25) is 0 Å². The van der Waals surface area contributed by atoms with Crippen LogP contribution in [0.25, 0.3) is 0 Å². The molecule has 0 aliphatic rings. The number of halogens is 3. The third kappa shape index (κ3) is 6.54. The number of aliphatic imine (C=N–C) groups is 1. The summed E-state index contributed by atoms with van der Waals surface area (Å²) < 4.78 is 39.2. The Hall–Kier alpha value is -2.30. The van der Waals surface area contributed by atoms with Crippen molar-refractivity contribution in [2.45, 2.75) is 13.2 Å². The summed E-state index contributed by atoms with van der Waals surface area (Å²) in [5.41, 5.74) is 7.21. The van der Waals surface area contributed by atoms with Crippen molar-refractivity contribution in [3.63, 3.8) is 0 Å². The molecule has 0 radical (unpaired) electrons. The van der Waals surface area contributed by atoms with E-state index in [1.54, 1.807) is 37.4 Å². The average Bonchev–Trinajstić information content (AvgIpc) is 2.59. The van der Waals surface area contributed by atoms with E-state index in [9.17, 15) is 8.78 Å². The first kappa shape index (κ1) is 21.7. The van der Waals surface area contributed by atoms with Gasteiger partial charge in [0.15, 0.2) is 17.5 Å². The first-order valence-corrected chi connectivity index (χ1v) is 7.34. The fourth-order valence-electron chi connectivity index (χ4n) is 2.10. The van der Waals surface area contributed by atoms with Gasteiger partial charge >= 0.3 is 6.61 Å². The Balaban J connectivity index is 0.00000338. The van der Waals surface area contributed by atoms with E-state index in [1.165, 1.54) is 19.2 Å². The van der Waals surface area contributed by atoms with Crippen LogP contribution in [0.3, 0.4) is 0 Å². The molecule has 0 spiro atoms. The maximum atomic E-state index is 12.2. The van der Waals surface area contributed by atoms with Gasteiger partial charge in [0.2, 0.25) is 0 Å². The number of guanidine groups is 1. The zero-order chi connectivity index (χ0) is 18.2. The quantitative estimate of drug-likeness (QED) is 0.359. The minimum atomic E-state index is -2.87. The largest absolute Gasteiger partial charge is 0.493 e. The lowest BCUT2D eigenvalue weighted by Crippen LogP contribution is -2.22. The highest BCUT2D eigenvalue weighted by Gasteiger charge is 2.06. The smallest absolute Gasteiger partial charge is 0.387 e. The van der Waals surface area contributed by atoms with Crippen LogP contribution < -0.4 is 25.3 Å². The molecular weight excluding hydrogens is 459 g/mol. The SMILES string of the molecule is COc1ccc(NC(N)=NCc2cccc(OC(F)F)c2)cc1OC.I. The van der Waals surface area contributed by atoms with E-state index in [4.69, 9.17) is 15.2 Å². The van der Waals surface area contributed by atoms with Gasteiger partial charge in [0.1, 0.15) is 5.75 Å². The molecule has 2 aromatic carbocycles. The molecule has 6 nitrogen and oxygen atoms in total. The van der Waals surface area contributed by atoms with E-state index < -0.39 is 6.61 Å². The number of hydrogen-bond donors (Lipinski definition) is 2. The number of benzene rings is 2. The highest BCUT2D eigenvalue weighted by atomic mass is 127. The number of nitrogens with one attached hydrogen (secondary N) is 1. The number of nitrogens with two attached hydrogens (primary N) is 1. The second-order valence-electron chi connectivity index (χ2n) is 4.92. The summed E-state index contributed by atoms with van der Waals surface area (Å²) in [7, 11) is 3.08. The molecule has 26 heavy (non-hydrogen) atoms. The van der Waals surface area contributed by atoms with Gasteiger partial charge in [-0.25, -0.2) is 4.99 Å². The van der Waals surface area contributed by atoms with Crippen molar-refractivity contribution < 1.29 is 23.0 Å². The molecule has 0 heterocycles. The van der Waals surface area contributed by atoms with Gasteiger partial charge in [-0.05, 0) is 29.8 Å².